The first-order valence-electron chi connectivity index (χ1n) is 11.7. The monoisotopic (exact) mass is 488 g/mol. The molecule has 2 aliphatic rings. The highest BCUT2D eigenvalue weighted by Gasteiger charge is 2.36. The molecule has 3 aromatic rings. The van der Waals surface area contributed by atoms with Crippen molar-refractivity contribution in [2.24, 2.45) is 5.92 Å². The Hall–Kier alpha value is -3.64. The second-order valence-corrected chi connectivity index (χ2v) is 9.63. The molecule has 1 aliphatic heterocycles. The minimum Gasteiger partial charge on any atom is -0.481 e. The molecule has 1 saturated carbocycles. The third-order valence-corrected chi connectivity index (χ3v) is 7.23. The fraction of sp³-hybridized carbons (Fsp3) is 0.250. The molecule has 178 valence electrons. The van der Waals surface area contributed by atoms with Gasteiger partial charge in [0.25, 0.3) is 11.8 Å². The summed E-state index contributed by atoms with van der Waals surface area (Å²) in [5, 5.41) is 12.6. The summed E-state index contributed by atoms with van der Waals surface area (Å²) in [7, 11) is 0. The quantitative estimate of drug-likeness (QED) is 0.471. The summed E-state index contributed by atoms with van der Waals surface area (Å²) >= 11 is 5.97. The number of nitrogens with one attached hydrogen (secondary N) is 1. The lowest BCUT2D eigenvalue weighted by molar-refractivity contribution is -0.143. The Morgan fingerprint density at radius 1 is 0.914 bits per heavy atom. The van der Waals surface area contributed by atoms with Crippen LogP contribution < -0.4 is 5.32 Å². The Kier molecular flexibility index (Phi) is 6.31. The van der Waals surface area contributed by atoms with Gasteiger partial charge in [-0.25, -0.2) is 0 Å². The van der Waals surface area contributed by atoms with Gasteiger partial charge in [-0.1, -0.05) is 41.9 Å². The van der Waals surface area contributed by atoms with Crippen molar-refractivity contribution in [2.75, 3.05) is 5.32 Å². The van der Waals surface area contributed by atoms with Crippen molar-refractivity contribution in [2.45, 2.75) is 38.3 Å². The normalized spacial score (nSPS) is 19.3. The average Bonchev–Trinajstić information content (AvgIpc) is 3.20. The molecule has 0 unspecified atom stereocenters. The van der Waals surface area contributed by atoms with Crippen molar-refractivity contribution in [3.63, 3.8) is 0 Å². The molecule has 0 bridgehead atoms. The number of hydrogen-bond donors (Lipinski definition) is 2. The van der Waals surface area contributed by atoms with Gasteiger partial charge in [-0.05, 0) is 78.8 Å². The highest BCUT2D eigenvalue weighted by molar-refractivity contribution is 6.31. The van der Waals surface area contributed by atoms with E-state index in [1.54, 1.807) is 24.3 Å². The minimum atomic E-state index is -0.737. The zero-order valence-corrected chi connectivity index (χ0v) is 19.8. The number of halogens is 1. The zero-order chi connectivity index (χ0) is 24.5. The molecule has 0 aromatic heterocycles. The number of carbonyl (C=O) groups is 3. The number of carboxylic acids is 1. The number of nitrogens with zero attached hydrogens (tertiary/aromatic N) is 1. The molecular formula is C28H25ClN2O4. The number of aliphatic carboxylic acids is 1. The van der Waals surface area contributed by atoms with E-state index in [0.29, 0.717) is 41.2 Å². The van der Waals surface area contributed by atoms with Gasteiger partial charge in [0.2, 0.25) is 0 Å². The first-order chi connectivity index (χ1) is 16.9. The lowest BCUT2D eigenvalue weighted by atomic mass is 9.85. The molecule has 3 aromatic carbocycles. The molecule has 5 rings (SSSR count). The van der Waals surface area contributed by atoms with Gasteiger partial charge in [0.1, 0.15) is 0 Å². The van der Waals surface area contributed by atoms with Gasteiger partial charge in [-0.3, -0.25) is 14.4 Å². The van der Waals surface area contributed by atoms with Crippen LogP contribution in [0.4, 0.5) is 5.69 Å². The fourth-order valence-corrected chi connectivity index (χ4v) is 5.20. The molecular weight excluding hydrogens is 464 g/mol. The van der Waals surface area contributed by atoms with Crippen molar-refractivity contribution in [3.8, 4) is 11.1 Å². The Bertz CT molecular complexity index is 1300. The van der Waals surface area contributed by atoms with Crippen LogP contribution in [0.15, 0.2) is 66.7 Å². The van der Waals surface area contributed by atoms with E-state index >= 15 is 0 Å². The smallest absolute Gasteiger partial charge is 0.306 e. The number of carboxylic acid groups (broad SMARTS) is 1. The van der Waals surface area contributed by atoms with Crippen molar-refractivity contribution >= 4 is 35.1 Å². The topological polar surface area (TPSA) is 86.7 Å². The van der Waals surface area contributed by atoms with Crippen LogP contribution in [0.3, 0.4) is 0 Å². The molecule has 1 heterocycles. The minimum absolute atomic E-state index is 0.0195. The molecule has 2 N–H and O–H groups in total. The zero-order valence-electron chi connectivity index (χ0n) is 19.0. The molecule has 35 heavy (non-hydrogen) atoms. The van der Waals surface area contributed by atoms with Crippen LogP contribution >= 0.6 is 11.6 Å². The van der Waals surface area contributed by atoms with E-state index < -0.39 is 5.97 Å². The van der Waals surface area contributed by atoms with E-state index in [2.05, 4.69) is 5.32 Å². The fourth-order valence-electron chi connectivity index (χ4n) is 5.01. The molecule has 0 spiro atoms. The van der Waals surface area contributed by atoms with Crippen LogP contribution in [0.1, 0.15) is 52.0 Å². The van der Waals surface area contributed by atoms with Gasteiger partial charge in [-0.15, -0.1) is 0 Å². The number of carbonyl (C=O) groups excluding carboxylic acids is 2. The summed E-state index contributed by atoms with van der Waals surface area (Å²) in [6.45, 7) is 0.575. The van der Waals surface area contributed by atoms with Gasteiger partial charge in [0.05, 0.1) is 5.92 Å². The Morgan fingerprint density at radius 3 is 2.31 bits per heavy atom. The van der Waals surface area contributed by atoms with Crippen LogP contribution in [0.25, 0.3) is 11.1 Å². The van der Waals surface area contributed by atoms with Crippen molar-refractivity contribution in [3.05, 3.63) is 88.4 Å². The SMILES string of the molecule is O=C(Nc1ccc(-c2ccc3c(c2)C(=O)N([C@H]2CC[C@H](C(=O)O)CC2)C3)cc1)c1cccc(Cl)c1. The second-order valence-electron chi connectivity index (χ2n) is 9.19. The van der Waals surface area contributed by atoms with Gasteiger partial charge >= 0.3 is 5.97 Å². The maximum Gasteiger partial charge on any atom is 0.306 e. The standard InChI is InChI=1S/C28H25ClN2O4/c29-22-3-1-2-20(14-22)26(32)30-23-10-6-17(7-11-23)19-4-5-21-16-31(27(33)25(21)15-19)24-12-8-18(9-13-24)28(34)35/h1-7,10-11,14-15,18,24H,8-9,12-13,16H2,(H,30,32)(H,34,35)/t18-,24-. The number of benzene rings is 3. The van der Waals surface area contributed by atoms with E-state index in [4.69, 9.17) is 11.6 Å². The van der Waals surface area contributed by atoms with Crippen molar-refractivity contribution in [1.82, 2.24) is 4.90 Å². The summed E-state index contributed by atoms with van der Waals surface area (Å²) in [6, 6.07) is 20.3. The Labute approximate surface area is 208 Å². The van der Waals surface area contributed by atoms with Gasteiger partial charge in [-0.2, -0.15) is 0 Å². The van der Waals surface area contributed by atoms with Crippen LogP contribution in [0, 0.1) is 5.92 Å². The third-order valence-electron chi connectivity index (χ3n) is 6.99. The van der Waals surface area contributed by atoms with E-state index in [0.717, 1.165) is 29.5 Å². The van der Waals surface area contributed by atoms with Crippen molar-refractivity contribution < 1.29 is 19.5 Å². The molecule has 0 saturated heterocycles. The molecule has 1 fully saturated rings. The molecule has 0 atom stereocenters. The summed E-state index contributed by atoms with van der Waals surface area (Å²) in [5.41, 5.74) is 4.74. The number of rotatable bonds is 5. The predicted octanol–water partition coefficient (Wildman–Crippen LogP) is 5.86. The molecule has 7 heteroatoms. The largest absolute Gasteiger partial charge is 0.481 e. The molecule has 1 aliphatic carbocycles. The van der Waals surface area contributed by atoms with Crippen LogP contribution in [-0.2, 0) is 11.3 Å². The predicted molar refractivity (Wildman–Crippen MR) is 135 cm³/mol. The molecule has 0 radical (unpaired) electrons. The Morgan fingerprint density at radius 2 is 1.63 bits per heavy atom. The number of amides is 2. The van der Waals surface area contributed by atoms with Crippen LogP contribution in [0.5, 0.6) is 0 Å². The van der Waals surface area contributed by atoms with E-state index in [1.165, 1.54) is 0 Å². The van der Waals surface area contributed by atoms with E-state index in [-0.39, 0.29) is 23.8 Å². The number of fused-ring (bicyclic) bond motifs is 1. The summed E-state index contributed by atoms with van der Waals surface area (Å²) < 4.78 is 0. The average molecular weight is 489 g/mol. The third kappa shape index (κ3) is 4.80. The number of anilines is 1. The molecule has 6 nitrogen and oxygen atoms in total. The summed E-state index contributed by atoms with van der Waals surface area (Å²) in [5.74, 6) is -1.25. The van der Waals surface area contributed by atoms with Gasteiger partial charge in [0, 0.05) is 34.4 Å². The van der Waals surface area contributed by atoms with Crippen LogP contribution in [-0.4, -0.2) is 33.8 Å². The van der Waals surface area contributed by atoms with E-state index in [1.807, 2.05) is 47.4 Å². The van der Waals surface area contributed by atoms with Gasteiger partial charge in [0.15, 0.2) is 0 Å². The summed E-state index contributed by atoms with van der Waals surface area (Å²) in [4.78, 5) is 38.8. The van der Waals surface area contributed by atoms with E-state index in [9.17, 15) is 19.5 Å². The van der Waals surface area contributed by atoms with Crippen molar-refractivity contribution in [1.29, 1.82) is 0 Å². The number of hydrogen-bond acceptors (Lipinski definition) is 3. The highest BCUT2D eigenvalue weighted by Crippen LogP contribution is 2.35. The highest BCUT2D eigenvalue weighted by atomic mass is 35.5. The van der Waals surface area contributed by atoms with Gasteiger partial charge < -0.3 is 15.3 Å². The summed E-state index contributed by atoms with van der Waals surface area (Å²) in [6.07, 6.45) is 2.69. The maximum atomic E-state index is 13.2. The first-order valence-corrected chi connectivity index (χ1v) is 12.1. The maximum absolute atomic E-state index is 13.2. The second kappa shape index (κ2) is 9.55. The van der Waals surface area contributed by atoms with Crippen LogP contribution in [0.2, 0.25) is 5.02 Å². The first kappa shape index (κ1) is 23.1. The lowest BCUT2D eigenvalue weighted by Crippen LogP contribution is -2.39. The lowest BCUT2D eigenvalue weighted by Gasteiger charge is -2.33. The molecule has 2 amide bonds. The Balaban J connectivity index is 1.27.